The summed E-state index contributed by atoms with van der Waals surface area (Å²) in [6.45, 7) is 0. The van der Waals surface area contributed by atoms with Gasteiger partial charge in [0.05, 0.1) is 6.10 Å². The maximum Gasteiger partial charge on any atom is 0.151 e. The molecule has 11 heavy (non-hydrogen) atoms. The minimum atomic E-state index is -1.20. The molecule has 4 nitrogen and oxygen atoms in total. The monoisotopic (exact) mass is 180 g/mol. The van der Waals surface area contributed by atoms with Crippen molar-refractivity contribution >= 4 is 18.9 Å². The van der Waals surface area contributed by atoms with Gasteiger partial charge in [-0.05, 0) is 0 Å². The lowest BCUT2D eigenvalue weighted by atomic mass is 10.1. The maximum absolute atomic E-state index is 10.2. The minimum absolute atomic E-state index is 0.0921. The number of aldehydes is 1. The summed E-state index contributed by atoms with van der Waals surface area (Å²) in [4.78, 5) is 10.2. The molecule has 0 aromatic heterocycles. The molecule has 0 rings (SSSR count). The second kappa shape index (κ2) is 5.54. The van der Waals surface area contributed by atoms with E-state index in [2.05, 4.69) is 17.4 Å². The third-order valence-electron chi connectivity index (χ3n) is 1.32. The van der Waals surface area contributed by atoms with Crippen LogP contribution in [-0.4, -0.2) is 47.7 Å². The highest BCUT2D eigenvalue weighted by Gasteiger charge is 2.24. The number of aliphatic hydroxyl groups is 2. The number of hydrogen-bond donors (Lipinski definition) is 3. The Balaban J connectivity index is 3.96. The van der Waals surface area contributed by atoms with Crippen molar-refractivity contribution in [3.05, 3.63) is 0 Å². The summed E-state index contributed by atoms with van der Waals surface area (Å²) in [5, 5.41) is 18.1. The highest BCUT2D eigenvalue weighted by molar-refractivity contribution is 7.80. The van der Waals surface area contributed by atoms with E-state index in [1.165, 1.54) is 7.11 Å². The minimum Gasteiger partial charge on any atom is -0.389 e. The fraction of sp³-hybridized carbons (Fsp3) is 0.833. The van der Waals surface area contributed by atoms with Gasteiger partial charge in [-0.15, -0.1) is 0 Å². The fourth-order valence-corrected chi connectivity index (χ4v) is 0.818. The van der Waals surface area contributed by atoms with Crippen LogP contribution in [-0.2, 0) is 9.53 Å². The number of rotatable bonds is 5. The molecule has 0 saturated carbocycles. The summed E-state index contributed by atoms with van der Waals surface area (Å²) in [5.41, 5.74) is 0. The number of ether oxygens (including phenoxy) is 1. The lowest BCUT2D eigenvalue weighted by molar-refractivity contribution is -0.128. The van der Waals surface area contributed by atoms with E-state index in [4.69, 9.17) is 10.2 Å². The summed E-state index contributed by atoms with van der Waals surface area (Å²) in [5.74, 6) is 0.0921. The molecule has 0 aliphatic heterocycles. The van der Waals surface area contributed by atoms with Gasteiger partial charge in [-0.3, -0.25) is 0 Å². The normalized spacial score (nSPS) is 18.9. The molecule has 0 amide bonds. The lowest BCUT2D eigenvalue weighted by Gasteiger charge is -2.19. The zero-order valence-corrected chi connectivity index (χ0v) is 7.07. The van der Waals surface area contributed by atoms with Crippen molar-refractivity contribution in [2.24, 2.45) is 0 Å². The summed E-state index contributed by atoms with van der Waals surface area (Å²) >= 11 is 3.75. The van der Waals surface area contributed by atoms with Crippen LogP contribution in [0.1, 0.15) is 0 Å². The fourth-order valence-electron chi connectivity index (χ4n) is 0.602. The quantitative estimate of drug-likeness (QED) is 0.369. The van der Waals surface area contributed by atoms with Crippen LogP contribution in [0.3, 0.4) is 0 Å². The van der Waals surface area contributed by atoms with E-state index in [0.717, 1.165) is 0 Å². The summed E-state index contributed by atoms with van der Waals surface area (Å²) < 4.78 is 4.57. The molecule has 0 radical (unpaired) electrons. The molecule has 3 atom stereocenters. The largest absolute Gasteiger partial charge is 0.389 e. The predicted molar refractivity (Wildman–Crippen MR) is 42.7 cm³/mol. The van der Waals surface area contributed by atoms with E-state index >= 15 is 0 Å². The van der Waals surface area contributed by atoms with Crippen LogP contribution < -0.4 is 0 Å². The van der Waals surface area contributed by atoms with Crippen LogP contribution >= 0.6 is 12.6 Å². The average Bonchev–Trinajstić information content (AvgIpc) is 2.05. The molecule has 0 aliphatic carbocycles. The second-order valence-electron chi connectivity index (χ2n) is 2.08. The van der Waals surface area contributed by atoms with Gasteiger partial charge < -0.3 is 19.7 Å². The van der Waals surface area contributed by atoms with E-state index < -0.39 is 18.3 Å². The van der Waals surface area contributed by atoms with Gasteiger partial charge in [-0.25, -0.2) is 0 Å². The Bertz CT molecular complexity index is 119. The van der Waals surface area contributed by atoms with Gasteiger partial charge in [0.1, 0.15) is 12.2 Å². The molecule has 0 spiro atoms. The van der Waals surface area contributed by atoms with E-state index in [1.54, 1.807) is 0 Å². The van der Waals surface area contributed by atoms with E-state index in [0.29, 0.717) is 6.29 Å². The Morgan fingerprint density at radius 2 is 2.18 bits per heavy atom. The van der Waals surface area contributed by atoms with Crippen LogP contribution in [0.5, 0.6) is 0 Å². The molecular weight excluding hydrogens is 168 g/mol. The third-order valence-corrected chi connectivity index (χ3v) is 1.70. The molecule has 0 aromatic carbocycles. The lowest BCUT2D eigenvalue weighted by Crippen LogP contribution is -2.40. The van der Waals surface area contributed by atoms with Crippen molar-refractivity contribution in [1.29, 1.82) is 0 Å². The summed E-state index contributed by atoms with van der Waals surface area (Å²) in [6, 6.07) is 0. The van der Waals surface area contributed by atoms with Gasteiger partial charge in [0, 0.05) is 12.9 Å². The molecular formula is C6H12O4S. The number of thiol groups is 1. The first kappa shape index (κ1) is 10.9. The highest BCUT2D eigenvalue weighted by Crippen LogP contribution is 2.02. The smallest absolute Gasteiger partial charge is 0.151 e. The average molecular weight is 180 g/mol. The molecule has 0 aliphatic rings. The molecule has 66 valence electrons. The molecule has 0 saturated heterocycles. The Morgan fingerprint density at radius 3 is 2.45 bits per heavy atom. The SMILES string of the molecule is CO[C@@H](C=O)[C@H](O)[C@H](O)CS. The first-order valence-electron chi connectivity index (χ1n) is 3.12. The van der Waals surface area contributed by atoms with Gasteiger partial charge in [-0.1, -0.05) is 0 Å². The van der Waals surface area contributed by atoms with Crippen LogP contribution in [0, 0.1) is 0 Å². The molecule has 5 heteroatoms. The number of carbonyl (C=O) groups excluding carboxylic acids is 1. The van der Waals surface area contributed by atoms with Crippen LogP contribution in [0.4, 0.5) is 0 Å². The van der Waals surface area contributed by atoms with Crippen molar-refractivity contribution < 1.29 is 19.7 Å². The van der Waals surface area contributed by atoms with Gasteiger partial charge in [0.25, 0.3) is 0 Å². The number of methoxy groups -OCH3 is 1. The van der Waals surface area contributed by atoms with Gasteiger partial charge in [0.2, 0.25) is 0 Å². The van der Waals surface area contributed by atoms with E-state index in [1.807, 2.05) is 0 Å². The number of aliphatic hydroxyl groups excluding tert-OH is 2. The Labute approximate surface area is 70.6 Å². The Morgan fingerprint density at radius 1 is 1.64 bits per heavy atom. The topological polar surface area (TPSA) is 66.8 Å². The summed E-state index contributed by atoms with van der Waals surface area (Å²) in [6.07, 6.45) is -2.77. The van der Waals surface area contributed by atoms with Crippen molar-refractivity contribution in [2.45, 2.75) is 18.3 Å². The third kappa shape index (κ3) is 3.20. The van der Waals surface area contributed by atoms with Crippen LogP contribution in [0.2, 0.25) is 0 Å². The van der Waals surface area contributed by atoms with Crippen molar-refractivity contribution in [3.63, 3.8) is 0 Å². The van der Waals surface area contributed by atoms with E-state index in [-0.39, 0.29) is 5.75 Å². The second-order valence-corrected chi connectivity index (χ2v) is 2.44. The molecule has 0 fully saturated rings. The first-order chi connectivity index (χ1) is 5.17. The van der Waals surface area contributed by atoms with Gasteiger partial charge >= 0.3 is 0 Å². The van der Waals surface area contributed by atoms with E-state index in [9.17, 15) is 4.79 Å². The predicted octanol–water partition coefficient (Wildman–Crippen LogP) is -1.15. The number of carbonyl (C=O) groups is 1. The van der Waals surface area contributed by atoms with Crippen LogP contribution in [0.25, 0.3) is 0 Å². The molecule has 0 bridgehead atoms. The van der Waals surface area contributed by atoms with Gasteiger partial charge in [0.15, 0.2) is 6.29 Å². The Hall–Kier alpha value is -0.100. The molecule has 2 N–H and O–H groups in total. The molecule has 0 heterocycles. The van der Waals surface area contributed by atoms with Crippen molar-refractivity contribution in [3.8, 4) is 0 Å². The van der Waals surface area contributed by atoms with Crippen molar-refractivity contribution in [1.82, 2.24) is 0 Å². The van der Waals surface area contributed by atoms with Gasteiger partial charge in [-0.2, -0.15) is 12.6 Å². The first-order valence-corrected chi connectivity index (χ1v) is 3.75. The zero-order chi connectivity index (χ0) is 8.85. The summed E-state index contributed by atoms with van der Waals surface area (Å²) in [7, 11) is 1.29. The Kier molecular flexibility index (Phi) is 5.49. The molecule has 0 aromatic rings. The molecule has 0 unspecified atom stereocenters. The highest BCUT2D eigenvalue weighted by atomic mass is 32.1. The van der Waals surface area contributed by atoms with Crippen molar-refractivity contribution in [2.75, 3.05) is 12.9 Å². The zero-order valence-electron chi connectivity index (χ0n) is 6.17. The maximum atomic E-state index is 10.2. The number of hydrogen-bond acceptors (Lipinski definition) is 5. The van der Waals surface area contributed by atoms with Crippen LogP contribution in [0.15, 0.2) is 0 Å². The standard InChI is InChI=1S/C6H12O4S/c1-10-5(2-7)6(9)4(8)3-11/h2,4-6,8-9,11H,3H2,1H3/t4-,5+,6-/m1/s1.